The van der Waals surface area contributed by atoms with Gasteiger partial charge >= 0.3 is 5.97 Å². The minimum Gasteiger partial charge on any atom is -0.458 e. The van der Waals surface area contributed by atoms with Crippen LogP contribution in [0, 0.1) is 0 Å². The SMILES string of the molecule is CC(C)(C)OC(=O)[C@H]1O[C@H]1c1cccc2ccccc12. The monoisotopic (exact) mass is 270 g/mol. The number of carbonyl (C=O) groups excluding carboxylic acids is 1. The molecular weight excluding hydrogens is 252 g/mol. The Kier molecular flexibility index (Phi) is 3.02. The number of fused-ring (bicyclic) bond motifs is 1. The molecule has 2 aromatic rings. The number of hydrogen-bond acceptors (Lipinski definition) is 3. The fraction of sp³-hybridized carbons (Fsp3) is 0.353. The molecule has 1 saturated heterocycles. The Labute approximate surface area is 118 Å². The molecule has 0 aliphatic carbocycles. The average molecular weight is 270 g/mol. The van der Waals surface area contributed by atoms with Crippen LogP contribution in [0.2, 0.25) is 0 Å². The van der Waals surface area contributed by atoms with Gasteiger partial charge in [0.1, 0.15) is 11.7 Å². The van der Waals surface area contributed by atoms with Crippen LogP contribution < -0.4 is 0 Å². The third-order valence-corrected chi connectivity index (χ3v) is 3.26. The van der Waals surface area contributed by atoms with Crippen molar-refractivity contribution in [3.63, 3.8) is 0 Å². The zero-order chi connectivity index (χ0) is 14.3. The second kappa shape index (κ2) is 4.60. The summed E-state index contributed by atoms with van der Waals surface area (Å²) in [7, 11) is 0. The molecule has 1 aliphatic rings. The van der Waals surface area contributed by atoms with Crippen LogP contribution >= 0.6 is 0 Å². The van der Waals surface area contributed by atoms with Gasteiger partial charge in [-0.25, -0.2) is 4.79 Å². The van der Waals surface area contributed by atoms with Crippen molar-refractivity contribution in [2.24, 2.45) is 0 Å². The third kappa shape index (κ3) is 2.54. The van der Waals surface area contributed by atoms with E-state index in [1.54, 1.807) is 0 Å². The Hall–Kier alpha value is -1.87. The molecule has 3 rings (SSSR count). The molecule has 1 heterocycles. The molecular formula is C17H18O3. The quantitative estimate of drug-likeness (QED) is 0.618. The highest BCUT2D eigenvalue weighted by molar-refractivity contribution is 5.88. The van der Waals surface area contributed by atoms with Gasteiger partial charge in [0.2, 0.25) is 0 Å². The molecule has 0 bridgehead atoms. The molecule has 3 heteroatoms. The van der Waals surface area contributed by atoms with E-state index < -0.39 is 11.7 Å². The number of epoxide rings is 1. The summed E-state index contributed by atoms with van der Waals surface area (Å²) in [6.07, 6.45) is -0.656. The Morgan fingerprint density at radius 3 is 2.55 bits per heavy atom. The van der Waals surface area contributed by atoms with Crippen LogP contribution in [0.4, 0.5) is 0 Å². The highest BCUT2D eigenvalue weighted by atomic mass is 16.6. The molecule has 20 heavy (non-hydrogen) atoms. The molecule has 2 aromatic carbocycles. The number of esters is 1. The van der Waals surface area contributed by atoms with Gasteiger partial charge in [0, 0.05) is 0 Å². The Morgan fingerprint density at radius 2 is 1.80 bits per heavy atom. The first-order valence-electron chi connectivity index (χ1n) is 6.82. The van der Waals surface area contributed by atoms with Gasteiger partial charge in [-0.2, -0.15) is 0 Å². The summed E-state index contributed by atoms with van der Waals surface area (Å²) in [5.74, 6) is -0.282. The lowest BCUT2D eigenvalue weighted by Crippen LogP contribution is -2.26. The van der Waals surface area contributed by atoms with Gasteiger partial charge in [-0.1, -0.05) is 42.5 Å². The van der Waals surface area contributed by atoms with E-state index in [1.807, 2.05) is 45.0 Å². The maximum Gasteiger partial charge on any atom is 0.338 e. The van der Waals surface area contributed by atoms with Crippen LogP contribution in [0.1, 0.15) is 32.4 Å². The number of carbonyl (C=O) groups is 1. The smallest absolute Gasteiger partial charge is 0.338 e. The van der Waals surface area contributed by atoms with E-state index in [0.29, 0.717) is 0 Å². The van der Waals surface area contributed by atoms with Crippen molar-refractivity contribution in [2.75, 3.05) is 0 Å². The van der Waals surface area contributed by atoms with E-state index >= 15 is 0 Å². The summed E-state index contributed by atoms with van der Waals surface area (Å²) in [6, 6.07) is 14.2. The van der Waals surface area contributed by atoms with Crippen LogP contribution in [0.5, 0.6) is 0 Å². The van der Waals surface area contributed by atoms with Crippen molar-refractivity contribution in [3.8, 4) is 0 Å². The topological polar surface area (TPSA) is 38.8 Å². The van der Waals surface area contributed by atoms with Crippen molar-refractivity contribution in [3.05, 3.63) is 48.0 Å². The Bertz CT molecular complexity index is 649. The summed E-state index contributed by atoms with van der Waals surface area (Å²) in [5, 5.41) is 2.29. The fourth-order valence-electron chi connectivity index (χ4n) is 2.39. The first-order valence-corrected chi connectivity index (χ1v) is 6.82. The van der Waals surface area contributed by atoms with Crippen molar-refractivity contribution in [1.82, 2.24) is 0 Å². The van der Waals surface area contributed by atoms with Gasteiger partial charge in [-0.3, -0.25) is 0 Å². The standard InChI is InChI=1S/C17H18O3/c1-17(2,3)20-16(18)15-14(19-15)13-10-6-8-11-7-4-5-9-12(11)13/h4-10,14-15H,1-3H3/t14-,15-/m0/s1. The molecule has 104 valence electrons. The fourth-order valence-corrected chi connectivity index (χ4v) is 2.39. The second-order valence-electron chi connectivity index (χ2n) is 6.08. The molecule has 0 spiro atoms. The molecule has 1 aliphatic heterocycles. The lowest BCUT2D eigenvalue weighted by molar-refractivity contribution is -0.156. The highest BCUT2D eigenvalue weighted by Crippen LogP contribution is 2.42. The van der Waals surface area contributed by atoms with Crippen molar-refractivity contribution in [1.29, 1.82) is 0 Å². The third-order valence-electron chi connectivity index (χ3n) is 3.26. The van der Waals surface area contributed by atoms with Gasteiger partial charge in [0.25, 0.3) is 0 Å². The van der Waals surface area contributed by atoms with Gasteiger partial charge in [0.05, 0.1) is 0 Å². The largest absolute Gasteiger partial charge is 0.458 e. The first kappa shape index (κ1) is 13.1. The molecule has 3 nitrogen and oxygen atoms in total. The van der Waals surface area contributed by atoms with Gasteiger partial charge in [-0.05, 0) is 37.1 Å². The predicted molar refractivity (Wildman–Crippen MR) is 77.4 cm³/mol. The molecule has 0 amide bonds. The average Bonchev–Trinajstić information content (AvgIpc) is 3.16. The summed E-state index contributed by atoms with van der Waals surface area (Å²) in [5.41, 5.74) is 0.575. The summed E-state index contributed by atoms with van der Waals surface area (Å²) >= 11 is 0. The number of rotatable bonds is 2. The summed E-state index contributed by atoms with van der Waals surface area (Å²) < 4.78 is 10.9. The number of hydrogen-bond donors (Lipinski definition) is 0. The lowest BCUT2D eigenvalue weighted by atomic mass is 10.0. The highest BCUT2D eigenvalue weighted by Gasteiger charge is 2.48. The maximum absolute atomic E-state index is 12.0. The zero-order valence-corrected chi connectivity index (χ0v) is 11.9. The molecule has 0 N–H and O–H groups in total. The Balaban J connectivity index is 1.83. The molecule has 0 unspecified atom stereocenters. The van der Waals surface area contributed by atoms with Crippen LogP contribution in [0.25, 0.3) is 10.8 Å². The van der Waals surface area contributed by atoms with Crippen molar-refractivity contribution >= 4 is 16.7 Å². The molecule has 1 fully saturated rings. The van der Waals surface area contributed by atoms with Crippen molar-refractivity contribution in [2.45, 2.75) is 38.6 Å². The van der Waals surface area contributed by atoms with Gasteiger partial charge in [0.15, 0.2) is 6.10 Å². The van der Waals surface area contributed by atoms with Crippen LogP contribution in [0.3, 0.4) is 0 Å². The van der Waals surface area contributed by atoms with E-state index in [-0.39, 0.29) is 12.1 Å². The number of benzene rings is 2. The minimum absolute atomic E-state index is 0.184. The predicted octanol–water partition coefficient (Wildman–Crippen LogP) is 3.62. The van der Waals surface area contributed by atoms with E-state index in [4.69, 9.17) is 9.47 Å². The van der Waals surface area contributed by atoms with Gasteiger partial charge in [-0.15, -0.1) is 0 Å². The zero-order valence-electron chi connectivity index (χ0n) is 11.9. The molecule has 0 radical (unpaired) electrons. The first-order chi connectivity index (χ1) is 9.46. The molecule has 0 saturated carbocycles. The number of ether oxygens (including phenoxy) is 2. The van der Waals surface area contributed by atoms with E-state index in [9.17, 15) is 4.79 Å². The second-order valence-corrected chi connectivity index (χ2v) is 6.08. The van der Waals surface area contributed by atoms with E-state index in [0.717, 1.165) is 16.3 Å². The lowest BCUT2D eigenvalue weighted by Gasteiger charge is -2.18. The Morgan fingerprint density at radius 1 is 1.10 bits per heavy atom. The summed E-state index contributed by atoms with van der Waals surface area (Å²) in [6.45, 7) is 5.58. The molecule has 2 atom stereocenters. The van der Waals surface area contributed by atoms with Gasteiger partial charge < -0.3 is 9.47 Å². The normalized spacial score (nSPS) is 21.8. The van der Waals surface area contributed by atoms with E-state index in [1.165, 1.54) is 0 Å². The molecule has 0 aromatic heterocycles. The van der Waals surface area contributed by atoms with Crippen LogP contribution in [-0.2, 0) is 14.3 Å². The van der Waals surface area contributed by atoms with Crippen molar-refractivity contribution < 1.29 is 14.3 Å². The van der Waals surface area contributed by atoms with E-state index in [2.05, 4.69) is 18.2 Å². The maximum atomic E-state index is 12.0. The minimum atomic E-state index is -0.480. The van der Waals surface area contributed by atoms with Crippen LogP contribution in [0.15, 0.2) is 42.5 Å². The summed E-state index contributed by atoms with van der Waals surface area (Å²) in [4.78, 5) is 12.0. The van der Waals surface area contributed by atoms with Crippen LogP contribution in [-0.4, -0.2) is 17.7 Å².